The second-order valence-corrected chi connectivity index (χ2v) is 9.39. The van der Waals surface area contributed by atoms with Crippen molar-refractivity contribution in [3.8, 4) is 0 Å². The number of fused-ring (bicyclic) bond motifs is 1. The zero-order valence-corrected chi connectivity index (χ0v) is 21.1. The Morgan fingerprint density at radius 2 is 1.81 bits per heavy atom. The maximum absolute atomic E-state index is 6.17. The molecule has 0 unspecified atom stereocenters. The Balaban J connectivity index is 1.46. The van der Waals surface area contributed by atoms with Crippen molar-refractivity contribution in [3.63, 3.8) is 0 Å². The molecule has 0 radical (unpaired) electrons. The molecule has 1 aromatic carbocycles. The van der Waals surface area contributed by atoms with Gasteiger partial charge in [0.2, 0.25) is 0 Å². The van der Waals surface area contributed by atoms with Crippen molar-refractivity contribution in [2.24, 2.45) is 0 Å². The highest BCUT2D eigenvalue weighted by Crippen LogP contribution is 2.32. The molecule has 0 atom stereocenters. The van der Waals surface area contributed by atoms with Gasteiger partial charge in [0.1, 0.15) is 16.7 Å². The zero-order valence-electron chi connectivity index (χ0n) is 18.8. The normalized spacial score (nSPS) is 15.1. The van der Waals surface area contributed by atoms with Crippen LogP contribution in [0.5, 0.6) is 0 Å². The SMILES string of the molecule is CCN(CC)CCCN(c1ccc(Cl)cc1)C1CCN(c2ncnc3[nH]nc(Br)c23)CC1. The minimum atomic E-state index is 0.495. The molecule has 2 aromatic heterocycles. The molecule has 1 N–H and O–H groups in total. The summed E-state index contributed by atoms with van der Waals surface area (Å²) in [7, 11) is 0. The van der Waals surface area contributed by atoms with Gasteiger partial charge in [-0.3, -0.25) is 5.10 Å². The van der Waals surface area contributed by atoms with Gasteiger partial charge >= 0.3 is 0 Å². The average molecular weight is 521 g/mol. The fraction of sp³-hybridized carbons (Fsp3) is 0.522. The van der Waals surface area contributed by atoms with Gasteiger partial charge in [0.05, 0.1) is 5.39 Å². The van der Waals surface area contributed by atoms with Crippen LogP contribution >= 0.6 is 27.5 Å². The zero-order chi connectivity index (χ0) is 22.5. The lowest BCUT2D eigenvalue weighted by Gasteiger charge is -2.40. The van der Waals surface area contributed by atoms with Crippen LogP contribution in [-0.4, -0.2) is 70.4 Å². The fourth-order valence-corrected chi connectivity index (χ4v) is 5.18. The number of anilines is 2. The maximum atomic E-state index is 6.17. The molecule has 0 spiro atoms. The number of halogens is 2. The first kappa shape index (κ1) is 23.3. The maximum Gasteiger partial charge on any atom is 0.161 e. The third-order valence-corrected chi connectivity index (χ3v) is 7.25. The summed E-state index contributed by atoms with van der Waals surface area (Å²) in [6.45, 7) is 10.8. The van der Waals surface area contributed by atoms with Gasteiger partial charge < -0.3 is 14.7 Å². The van der Waals surface area contributed by atoms with Crippen LogP contribution in [0.2, 0.25) is 5.02 Å². The van der Waals surface area contributed by atoms with Crippen LogP contribution < -0.4 is 9.80 Å². The van der Waals surface area contributed by atoms with E-state index in [1.807, 2.05) is 12.1 Å². The van der Waals surface area contributed by atoms with Gasteiger partial charge in [0.25, 0.3) is 0 Å². The third kappa shape index (κ3) is 5.18. The molecule has 7 nitrogen and oxygen atoms in total. The number of benzene rings is 1. The second-order valence-electron chi connectivity index (χ2n) is 8.20. The first-order chi connectivity index (χ1) is 15.6. The lowest BCUT2D eigenvalue weighted by Crippen LogP contribution is -2.46. The van der Waals surface area contributed by atoms with E-state index in [0.29, 0.717) is 6.04 Å². The molecule has 4 rings (SSSR count). The summed E-state index contributed by atoms with van der Waals surface area (Å²) in [6.07, 6.45) is 4.92. The molecular formula is C23H31BrClN7. The summed E-state index contributed by atoms with van der Waals surface area (Å²) < 4.78 is 0.768. The van der Waals surface area contributed by atoms with Crippen molar-refractivity contribution >= 4 is 50.1 Å². The van der Waals surface area contributed by atoms with Crippen molar-refractivity contribution < 1.29 is 0 Å². The average Bonchev–Trinajstić information content (AvgIpc) is 3.21. The Hall–Kier alpha value is -1.90. The molecular weight excluding hydrogens is 490 g/mol. The predicted octanol–water partition coefficient (Wildman–Crippen LogP) is 4.98. The van der Waals surface area contributed by atoms with Crippen LogP contribution in [-0.2, 0) is 0 Å². The minimum absolute atomic E-state index is 0.495. The van der Waals surface area contributed by atoms with Gasteiger partial charge in [-0.05, 0) is 79.1 Å². The van der Waals surface area contributed by atoms with Crippen molar-refractivity contribution in [3.05, 3.63) is 40.2 Å². The Morgan fingerprint density at radius 1 is 1.09 bits per heavy atom. The van der Waals surface area contributed by atoms with Crippen molar-refractivity contribution in [2.45, 2.75) is 39.2 Å². The predicted molar refractivity (Wildman–Crippen MR) is 136 cm³/mol. The molecule has 172 valence electrons. The number of hydrogen-bond acceptors (Lipinski definition) is 6. The standard InChI is InChI=1S/C23H31BrClN7/c1-3-30(4-2)12-5-13-32(18-8-6-17(25)7-9-18)19-10-14-31(15-11-19)23-20-21(24)28-29-22(20)26-16-27-23/h6-9,16,19H,3-5,10-15H2,1-2H3,(H,26,27,28,29). The van der Waals surface area contributed by atoms with Gasteiger partial charge in [-0.2, -0.15) is 5.10 Å². The van der Waals surface area contributed by atoms with E-state index in [2.05, 4.69) is 76.8 Å². The lowest BCUT2D eigenvalue weighted by molar-refractivity contribution is 0.298. The molecule has 9 heteroatoms. The van der Waals surface area contributed by atoms with Crippen LogP contribution in [0.1, 0.15) is 33.1 Å². The summed E-state index contributed by atoms with van der Waals surface area (Å²) in [5.74, 6) is 0.952. The van der Waals surface area contributed by atoms with E-state index >= 15 is 0 Å². The largest absolute Gasteiger partial charge is 0.368 e. The Labute approximate surface area is 203 Å². The molecule has 1 aliphatic rings. The monoisotopic (exact) mass is 519 g/mol. The number of H-pyrrole nitrogens is 1. The van der Waals surface area contributed by atoms with Crippen molar-refractivity contribution in [2.75, 3.05) is 49.1 Å². The number of aromatic amines is 1. The number of nitrogens with one attached hydrogen (secondary N) is 1. The first-order valence-electron chi connectivity index (χ1n) is 11.4. The molecule has 0 saturated carbocycles. The molecule has 1 aliphatic heterocycles. The van der Waals surface area contributed by atoms with Crippen LogP contribution in [0.25, 0.3) is 11.0 Å². The summed E-state index contributed by atoms with van der Waals surface area (Å²) in [5, 5.41) is 8.95. The van der Waals surface area contributed by atoms with Crippen LogP contribution in [0.3, 0.4) is 0 Å². The summed E-state index contributed by atoms with van der Waals surface area (Å²) in [5.41, 5.74) is 2.03. The Morgan fingerprint density at radius 3 is 2.50 bits per heavy atom. The molecule has 0 amide bonds. The number of nitrogens with zero attached hydrogens (tertiary/aromatic N) is 6. The number of aromatic nitrogens is 4. The highest BCUT2D eigenvalue weighted by Gasteiger charge is 2.27. The van der Waals surface area contributed by atoms with E-state index in [4.69, 9.17) is 11.6 Å². The van der Waals surface area contributed by atoms with Crippen molar-refractivity contribution in [1.29, 1.82) is 0 Å². The van der Waals surface area contributed by atoms with Crippen LogP contribution in [0, 0.1) is 0 Å². The molecule has 1 fully saturated rings. The lowest BCUT2D eigenvalue weighted by atomic mass is 10.0. The molecule has 3 heterocycles. The van der Waals surface area contributed by atoms with Gasteiger partial charge in [-0.25, -0.2) is 9.97 Å². The van der Waals surface area contributed by atoms with Gasteiger partial charge in [-0.1, -0.05) is 25.4 Å². The van der Waals surface area contributed by atoms with Crippen LogP contribution in [0.15, 0.2) is 35.2 Å². The van der Waals surface area contributed by atoms with E-state index in [-0.39, 0.29) is 0 Å². The van der Waals surface area contributed by atoms with E-state index in [0.717, 1.165) is 85.0 Å². The van der Waals surface area contributed by atoms with E-state index in [9.17, 15) is 0 Å². The van der Waals surface area contributed by atoms with Gasteiger partial charge in [0.15, 0.2) is 5.65 Å². The molecule has 0 aliphatic carbocycles. The van der Waals surface area contributed by atoms with E-state index in [1.165, 1.54) is 5.69 Å². The number of hydrogen-bond donors (Lipinski definition) is 1. The smallest absolute Gasteiger partial charge is 0.161 e. The third-order valence-electron chi connectivity index (χ3n) is 6.42. The van der Waals surface area contributed by atoms with Gasteiger partial charge in [-0.15, -0.1) is 0 Å². The highest BCUT2D eigenvalue weighted by atomic mass is 79.9. The summed E-state index contributed by atoms with van der Waals surface area (Å²) in [4.78, 5) is 16.3. The molecule has 3 aromatic rings. The summed E-state index contributed by atoms with van der Waals surface area (Å²) >= 11 is 9.70. The number of piperidine rings is 1. The quantitative estimate of drug-likeness (QED) is 0.429. The highest BCUT2D eigenvalue weighted by molar-refractivity contribution is 9.10. The molecule has 0 bridgehead atoms. The van der Waals surface area contributed by atoms with Crippen LogP contribution in [0.4, 0.5) is 11.5 Å². The van der Waals surface area contributed by atoms with Gasteiger partial charge in [0, 0.05) is 36.4 Å². The summed E-state index contributed by atoms with van der Waals surface area (Å²) in [6, 6.07) is 8.80. The van der Waals surface area contributed by atoms with E-state index in [1.54, 1.807) is 6.33 Å². The van der Waals surface area contributed by atoms with Crippen molar-refractivity contribution in [1.82, 2.24) is 25.1 Å². The molecule has 32 heavy (non-hydrogen) atoms. The topological polar surface area (TPSA) is 64.2 Å². The number of rotatable bonds is 9. The minimum Gasteiger partial charge on any atom is -0.368 e. The first-order valence-corrected chi connectivity index (χ1v) is 12.6. The second kappa shape index (κ2) is 10.8. The fourth-order valence-electron chi connectivity index (χ4n) is 4.60. The van der Waals surface area contributed by atoms with E-state index < -0.39 is 0 Å². The Bertz CT molecular complexity index is 997. The Kier molecular flexibility index (Phi) is 7.86. The molecule has 1 saturated heterocycles.